The lowest BCUT2D eigenvalue weighted by molar-refractivity contribution is -0.131. The molecule has 6 nitrogen and oxygen atoms in total. The molecule has 2 aliphatic carbocycles. The summed E-state index contributed by atoms with van der Waals surface area (Å²) in [5.74, 6) is 1.49. The normalized spacial score (nSPS) is 25.1. The van der Waals surface area contributed by atoms with Crippen molar-refractivity contribution in [2.45, 2.75) is 44.6 Å². The number of nitrogens with zero attached hydrogens (tertiary/aromatic N) is 3. The molecule has 2 aliphatic heterocycles. The van der Waals surface area contributed by atoms with Crippen molar-refractivity contribution in [1.29, 1.82) is 0 Å². The Hall–Kier alpha value is -3.41. The standard InChI is InChI=1S/C29H30N4O2/c1-28(13-15-32(17-28)26(34)21-6-7-21)18-33-25(31-29(11-12-29)27(33)35)20-4-2-19(3-5-20)22-8-9-24-23(16-22)10-14-30-24/h2-5,8-10,14,16,21,30H,6-7,11-13,15,17-18H2,1H3. The lowest BCUT2D eigenvalue weighted by Gasteiger charge is -2.31. The number of amidine groups is 1. The van der Waals surface area contributed by atoms with Crippen LogP contribution in [0.3, 0.4) is 0 Å². The largest absolute Gasteiger partial charge is 0.361 e. The van der Waals surface area contributed by atoms with Crippen LogP contribution in [0.1, 0.15) is 44.6 Å². The van der Waals surface area contributed by atoms with Crippen LogP contribution in [0, 0.1) is 11.3 Å². The molecule has 3 aromatic rings. The molecule has 1 aromatic heterocycles. The Balaban J connectivity index is 1.14. The summed E-state index contributed by atoms with van der Waals surface area (Å²) in [6, 6.07) is 17.0. The van der Waals surface area contributed by atoms with Gasteiger partial charge < -0.3 is 9.88 Å². The van der Waals surface area contributed by atoms with Gasteiger partial charge in [0.05, 0.1) is 0 Å². The van der Waals surface area contributed by atoms with Gasteiger partial charge in [-0.2, -0.15) is 0 Å². The maximum Gasteiger partial charge on any atom is 0.256 e. The number of benzene rings is 2. The summed E-state index contributed by atoms with van der Waals surface area (Å²) in [5.41, 5.74) is 3.79. The Kier molecular flexibility index (Phi) is 4.36. The second-order valence-electron chi connectivity index (χ2n) is 11.3. The van der Waals surface area contributed by atoms with Gasteiger partial charge in [0, 0.05) is 48.2 Å². The molecule has 2 aromatic carbocycles. The van der Waals surface area contributed by atoms with E-state index in [9.17, 15) is 9.59 Å². The minimum absolute atomic E-state index is 0.104. The number of fused-ring (bicyclic) bond motifs is 1. The van der Waals surface area contributed by atoms with Crippen LogP contribution in [0.4, 0.5) is 0 Å². The highest BCUT2D eigenvalue weighted by Gasteiger charge is 2.58. The van der Waals surface area contributed by atoms with Gasteiger partial charge in [-0.1, -0.05) is 37.3 Å². The smallest absolute Gasteiger partial charge is 0.256 e. The number of likely N-dealkylation sites (tertiary alicyclic amines) is 1. The van der Waals surface area contributed by atoms with E-state index in [4.69, 9.17) is 4.99 Å². The molecule has 2 saturated carbocycles. The van der Waals surface area contributed by atoms with Gasteiger partial charge in [0.25, 0.3) is 5.91 Å². The third-order valence-corrected chi connectivity index (χ3v) is 8.31. The first kappa shape index (κ1) is 20.9. The molecule has 0 bridgehead atoms. The number of H-pyrrole nitrogens is 1. The van der Waals surface area contributed by atoms with E-state index in [1.165, 1.54) is 10.9 Å². The molecule has 35 heavy (non-hydrogen) atoms. The quantitative estimate of drug-likeness (QED) is 0.597. The molecule has 7 rings (SSSR count). The number of nitrogens with one attached hydrogen (secondary N) is 1. The van der Waals surface area contributed by atoms with Crippen molar-refractivity contribution in [1.82, 2.24) is 14.8 Å². The van der Waals surface area contributed by atoms with E-state index in [1.807, 2.05) is 16.0 Å². The highest BCUT2D eigenvalue weighted by atomic mass is 16.2. The Morgan fingerprint density at radius 2 is 1.77 bits per heavy atom. The minimum Gasteiger partial charge on any atom is -0.361 e. The average Bonchev–Trinajstić information content (AvgIpc) is 3.76. The number of rotatable bonds is 5. The Bertz CT molecular complexity index is 1380. The van der Waals surface area contributed by atoms with Crippen molar-refractivity contribution in [3.8, 4) is 11.1 Å². The van der Waals surface area contributed by atoms with Crippen LogP contribution >= 0.6 is 0 Å². The summed E-state index contributed by atoms with van der Waals surface area (Å²) in [7, 11) is 0. The van der Waals surface area contributed by atoms with Crippen LogP contribution in [0.2, 0.25) is 0 Å². The maximum absolute atomic E-state index is 13.5. The van der Waals surface area contributed by atoms with Crippen LogP contribution < -0.4 is 0 Å². The third-order valence-electron chi connectivity index (χ3n) is 8.31. The zero-order valence-electron chi connectivity index (χ0n) is 20.1. The number of carbonyl (C=O) groups is 2. The molecule has 4 aliphatic rings. The fraction of sp³-hybridized carbons (Fsp3) is 0.414. The van der Waals surface area contributed by atoms with Crippen molar-refractivity contribution >= 4 is 28.6 Å². The molecule has 2 amide bonds. The number of carbonyl (C=O) groups excluding carboxylic acids is 2. The average molecular weight is 467 g/mol. The zero-order chi connectivity index (χ0) is 23.8. The first-order valence-electron chi connectivity index (χ1n) is 12.8. The number of aromatic amines is 1. The van der Waals surface area contributed by atoms with Gasteiger partial charge in [-0.15, -0.1) is 0 Å². The highest BCUT2D eigenvalue weighted by molar-refractivity contribution is 6.16. The summed E-state index contributed by atoms with van der Waals surface area (Å²) < 4.78 is 0. The first-order chi connectivity index (χ1) is 16.9. The summed E-state index contributed by atoms with van der Waals surface area (Å²) in [6.07, 6.45) is 6.63. The van der Waals surface area contributed by atoms with Gasteiger partial charge in [0.1, 0.15) is 11.4 Å². The van der Waals surface area contributed by atoms with Crippen LogP contribution in [-0.2, 0) is 9.59 Å². The second-order valence-corrected chi connectivity index (χ2v) is 11.3. The van der Waals surface area contributed by atoms with E-state index in [2.05, 4.69) is 60.4 Å². The maximum atomic E-state index is 13.5. The van der Waals surface area contributed by atoms with Gasteiger partial charge in [0.15, 0.2) is 0 Å². The molecule has 1 atom stereocenters. The summed E-state index contributed by atoms with van der Waals surface area (Å²) in [5, 5.41) is 1.19. The molecule has 6 heteroatoms. The molecule has 0 radical (unpaired) electrons. The molecule has 1 saturated heterocycles. The molecule has 3 fully saturated rings. The molecule has 1 unspecified atom stereocenters. The minimum atomic E-state index is -0.536. The van der Waals surface area contributed by atoms with Crippen LogP contribution in [0.15, 0.2) is 59.7 Å². The SMILES string of the molecule is CC1(CN2C(=O)C3(CC3)N=C2c2ccc(-c3ccc4[nH]ccc4c3)cc2)CCN(C(=O)C2CC2)C1. The molecular weight excluding hydrogens is 436 g/mol. The predicted molar refractivity (Wildman–Crippen MR) is 136 cm³/mol. The fourth-order valence-corrected chi connectivity index (χ4v) is 5.83. The molecular formula is C29H30N4O2. The predicted octanol–water partition coefficient (Wildman–Crippen LogP) is 4.60. The van der Waals surface area contributed by atoms with Crippen molar-refractivity contribution in [3.05, 3.63) is 60.3 Å². The molecule has 1 spiro atoms. The summed E-state index contributed by atoms with van der Waals surface area (Å²) in [6.45, 7) is 4.36. The van der Waals surface area contributed by atoms with Gasteiger partial charge in [-0.25, -0.2) is 0 Å². The second kappa shape index (κ2) is 7.30. The highest BCUT2D eigenvalue weighted by Crippen LogP contribution is 2.47. The lowest BCUT2D eigenvalue weighted by atomic mass is 9.88. The molecule has 178 valence electrons. The Morgan fingerprint density at radius 1 is 1.03 bits per heavy atom. The van der Waals surface area contributed by atoms with Crippen LogP contribution in [-0.4, -0.2) is 57.6 Å². The summed E-state index contributed by atoms with van der Waals surface area (Å²) >= 11 is 0. The van der Waals surface area contributed by atoms with Crippen LogP contribution in [0.25, 0.3) is 22.0 Å². The van der Waals surface area contributed by atoms with Crippen LogP contribution in [0.5, 0.6) is 0 Å². The van der Waals surface area contributed by atoms with E-state index in [0.717, 1.165) is 67.7 Å². The number of aliphatic imine (C=N–C) groups is 1. The van der Waals surface area contributed by atoms with E-state index >= 15 is 0 Å². The van der Waals surface area contributed by atoms with Crippen molar-refractivity contribution in [2.75, 3.05) is 19.6 Å². The van der Waals surface area contributed by atoms with Gasteiger partial charge >= 0.3 is 0 Å². The molecule has 1 N–H and O–H groups in total. The number of aromatic nitrogens is 1. The first-order valence-corrected chi connectivity index (χ1v) is 12.8. The third kappa shape index (κ3) is 3.49. The van der Waals surface area contributed by atoms with Gasteiger partial charge in [-0.05, 0) is 66.8 Å². The van der Waals surface area contributed by atoms with E-state index in [0.29, 0.717) is 12.5 Å². The Labute approximate surface area is 205 Å². The number of hydrogen-bond acceptors (Lipinski definition) is 3. The van der Waals surface area contributed by atoms with E-state index in [-0.39, 0.29) is 17.2 Å². The number of amides is 2. The van der Waals surface area contributed by atoms with E-state index in [1.54, 1.807) is 0 Å². The van der Waals surface area contributed by atoms with E-state index < -0.39 is 5.54 Å². The Morgan fingerprint density at radius 3 is 2.51 bits per heavy atom. The summed E-state index contributed by atoms with van der Waals surface area (Å²) in [4.78, 5) is 38.2. The molecule has 3 heterocycles. The van der Waals surface area contributed by atoms with Crippen molar-refractivity contribution in [2.24, 2.45) is 16.3 Å². The monoisotopic (exact) mass is 466 g/mol. The fourth-order valence-electron chi connectivity index (χ4n) is 5.83. The topological polar surface area (TPSA) is 68.8 Å². The number of hydrogen-bond donors (Lipinski definition) is 1. The van der Waals surface area contributed by atoms with Crippen molar-refractivity contribution < 1.29 is 9.59 Å². The van der Waals surface area contributed by atoms with Gasteiger partial charge in [-0.3, -0.25) is 19.5 Å². The zero-order valence-corrected chi connectivity index (χ0v) is 20.1. The van der Waals surface area contributed by atoms with Crippen molar-refractivity contribution in [3.63, 3.8) is 0 Å². The van der Waals surface area contributed by atoms with Gasteiger partial charge in [0.2, 0.25) is 5.91 Å². The lowest BCUT2D eigenvalue weighted by Crippen LogP contribution is -2.45.